The number of nitrogens with one attached hydrogen (secondary N) is 3. The molecule has 1 atom stereocenters. The summed E-state index contributed by atoms with van der Waals surface area (Å²) in [6.07, 6.45) is 1.75. The molecular formula is C18H27N5O4. The summed E-state index contributed by atoms with van der Waals surface area (Å²) in [7, 11) is 1.50. The van der Waals surface area contributed by atoms with Crippen molar-refractivity contribution in [3.8, 4) is 5.75 Å². The third kappa shape index (κ3) is 6.45. The third-order valence-electron chi connectivity index (χ3n) is 4.39. The molecular weight excluding hydrogens is 350 g/mol. The molecule has 1 aromatic carbocycles. The van der Waals surface area contributed by atoms with Gasteiger partial charge in [-0.1, -0.05) is 0 Å². The number of methoxy groups -OCH3 is 1. The Bertz CT molecular complexity index is 694. The summed E-state index contributed by atoms with van der Waals surface area (Å²) < 4.78 is 5.23. The Kier molecular flexibility index (Phi) is 7.42. The van der Waals surface area contributed by atoms with Gasteiger partial charge < -0.3 is 31.3 Å². The van der Waals surface area contributed by atoms with Crippen LogP contribution < -0.4 is 26.4 Å². The molecule has 4 amide bonds. The zero-order chi connectivity index (χ0) is 19.8. The first-order valence-electron chi connectivity index (χ1n) is 8.91. The molecule has 9 heteroatoms. The van der Waals surface area contributed by atoms with Gasteiger partial charge in [0.25, 0.3) is 0 Å². The van der Waals surface area contributed by atoms with Gasteiger partial charge in [-0.2, -0.15) is 0 Å². The number of amides is 4. The molecule has 0 saturated carbocycles. The number of primary amides is 1. The van der Waals surface area contributed by atoms with Gasteiger partial charge in [-0.25, -0.2) is 4.79 Å². The largest absolute Gasteiger partial charge is 0.495 e. The minimum Gasteiger partial charge on any atom is -0.495 e. The lowest BCUT2D eigenvalue weighted by Crippen LogP contribution is -2.44. The Hall–Kier alpha value is -2.81. The van der Waals surface area contributed by atoms with E-state index in [1.165, 1.54) is 14.0 Å². The van der Waals surface area contributed by atoms with Gasteiger partial charge in [0.05, 0.1) is 18.7 Å². The van der Waals surface area contributed by atoms with E-state index in [2.05, 4.69) is 20.9 Å². The van der Waals surface area contributed by atoms with Crippen LogP contribution in [-0.4, -0.2) is 56.0 Å². The van der Waals surface area contributed by atoms with Crippen molar-refractivity contribution in [2.75, 3.05) is 43.9 Å². The van der Waals surface area contributed by atoms with Gasteiger partial charge in [0, 0.05) is 32.2 Å². The maximum Gasteiger partial charge on any atom is 0.319 e. The minimum absolute atomic E-state index is 0.117. The first-order valence-corrected chi connectivity index (χ1v) is 8.91. The van der Waals surface area contributed by atoms with Gasteiger partial charge in [0.1, 0.15) is 5.75 Å². The van der Waals surface area contributed by atoms with E-state index >= 15 is 0 Å². The fraction of sp³-hybridized carbons (Fsp3) is 0.500. The number of piperidine rings is 1. The lowest BCUT2D eigenvalue weighted by molar-refractivity contribution is -0.123. The summed E-state index contributed by atoms with van der Waals surface area (Å²) >= 11 is 0. The molecule has 0 bridgehead atoms. The van der Waals surface area contributed by atoms with Crippen molar-refractivity contribution < 1.29 is 19.1 Å². The van der Waals surface area contributed by atoms with Crippen molar-refractivity contribution in [3.05, 3.63) is 18.2 Å². The molecule has 1 aromatic rings. The highest BCUT2D eigenvalue weighted by Crippen LogP contribution is 2.27. The van der Waals surface area contributed by atoms with E-state index < -0.39 is 0 Å². The average molecular weight is 377 g/mol. The lowest BCUT2D eigenvalue weighted by atomic mass is 9.97. The van der Waals surface area contributed by atoms with Crippen molar-refractivity contribution >= 4 is 29.2 Å². The molecule has 5 N–H and O–H groups in total. The summed E-state index contributed by atoms with van der Waals surface area (Å²) in [5.41, 5.74) is 6.39. The first kappa shape index (κ1) is 20.5. The number of urea groups is 1. The Balaban J connectivity index is 1.84. The highest BCUT2D eigenvalue weighted by Gasteiger charge is 2.23. The smallest absolute Gasteiger partial charge is 0.319 e. The monoisotopic (exact) mass is 377 g/mol. The number of anilines is 2. The number of likely N-dealkylation sites (tertiary alicyclic amines) is 1. The Morgan fingerprint density at radius 2 is 2.07 bits per heavy atom. The maximum absolute atomic E-state index is 12.2. The predicted molar refractivity (Wildman–Crippen MR) is 103 cm³/mol. The molecule has 0 radical (unpaired) electrons. The second kappa shape index (κ2) is 9.77. The van der Waals surface area contributed by atoms with E-state index in [4.69, 9.17) is 10.5 Å². The summed E-state index contributed by atoms with van der Waals surface area (Å²) in [6, 6.07) is 4.60. The number of ether oxygens (including phenoxy) is 1. The number of hydrogen-bond acceptors (Lipinski definition) is 5. The van der Waals surface area contributed by atoms with Crippen LogP contribution in [0.5, 0.6) is 5.75 Å². The summed E-state index contributed by atoms with van der Waals surface area (Å²) in [5.74, 6) is -0.101. The highest BCUT2D eigenvalue weighted by molar-refractivity contribution is 5.94. The maximum atomic E-state index is 12.2. The van der Waals surface area contributed by atoms with Gasteiger partial charge in [-0.05, 0) is 37.6 Å². The zero-order valence-electron chi connectivity index (χ0n) is 15.7. The molecule has 1 aliphatic heterocycles. The molecule has 148 valence electrons. The number of nitrogens with two attached hydrogens (primary N) is 1. The second-order valence-electron chi connectivity index (χ2n) is 6.52. The van der Waals surface area contributed by atoms with Crippen LogP contribution in [0.2, 0.25) is 0 Å². The fourth-order valence-electron chi connectivity index (χ4n) is 3.07. The summed E-state index contributed by atoms with van der Waals surface area (Å²) in [5, 5.41) is 8.16. The number of carbonyl (C=O) groups excluding carboxylic acids is 3. The number of nitrogens with zero attached hydrogens (tertiary/aromatic N) is 1. The number of rotatable bonds is 7. The van der Waals surface area contributed by atoms with Gasteiger partial charge in [0.2, 0.25) is 11.8 Å². The molecule has 0 spiro atoms. The van der Waals surface area contributed by atoms with E-state index in [1.807, 2.05) is 0 Å². The van der Waals surface area contributed by atoms with Crippen LogP contribution in [0.3, 0.4) is 0 Å². The summed E-state index contributed by atoms with van der Waals surface area (Å²) in [4.78, 5) is 36.8. The van der Waals surface area contributed by atoms with Crippen LogP contribution in [0.1, 0.15) is 19.8 Å². The van der Waals surface area contributed by atoms with Crippen LogP contribution in [-0.2, 0) is 9.59 Å². The molecule has 0 aliphatic carbocycles. The number of carbonyl (C=O) groups is 3. The summed E-state index contributed by atoms with van der Waals surface area (Å²) in [6.45, 7) is 4.00. The third-order valence-corrected chi connectivity index (χ3v) is 4.39. The first-order chi connectivity index (χ1) is 12.9. The Morgan fingerprint density at radius 3 is 2.74 bits per heavy atom. The van der Waals surface area contributed by atoms with Crippen LogP contribution in [0.15, 0.2) is 18.2 Å². The Labute approximate surface area is 158 Å². The number of benzene rings is 1. The standard InChI is InChI=1S/C18H27N5O4/c1-12(24)21-14-5-6-16(27-2)15(10-14)22-18(26)20-7-9-23-8-3-4-13(11-23)17(19)25/h5-6,10,13H,3-4,7-9,11H2,1-2H3,(H2,19,25)(H,21,24)(H2,20,22,26)/t13-/m0/s1. The van der Waals surface area contributed by atoms with E-state index in [9.17, 15) is 14.4 Å². The normalized spacial score (nSPS) is 17.0. The van der Waals surface area contributed by atoms with E-state index in [0.717, 1.165) is 19.4 Å². The van der Waals surface area contributed by atoms with Gasteiger partial charge in [-0.3, -0.25) is 9.59 Å². The van der Waals surface area contributed by atoms with Crippen LogP contribution in [0.4, 0.5) is 16.2 Å². The van der Waals surface area contributed by atoms with Crippen LogP contribution >= 0.6 is 0 Å². The molecule has 0 unspecified atom stereocenters. The molecule has 1 saturated heterocycles. The molecule has 9 nitrogen and oxygen atoms in total. The molecule has 1 fully saturated rings. The fourth-order valence-corrected chi connectivity index (χ4v) is 3.07. The zero-order valence-corrected chi connectivity index (χ0v) is 15.7. The van der Waals surface area contributed by atoms with Gasteiger partial charge in [0.15, 0.2) is 0 Å². The molecule has 27 heavy (non-hydrogen) atoms. The SMILES string of the molecule is COc1ccc(NC(C)=O)cc1NC(=O)NCCN1CCC[C@H](C(N)=O)C1. The lowest BCUT2D eigenvalue weighted by Gasteiger charge is -2.31. The van der Waals surface area contributed by atoms with Crippen LogP contribution in [0.25, 0.3) is 0 Å². The van der Waals surface area contributed by atoms with Crippen molar-refractivity contribution in [1.29, 1.82) is 0 Å². The topological polar surface area (TPSA) is 126 Å². The van der Waals surface area contributed by atoms with Gasteiger partial charge in [-0.15, -0.1) is 0 Å². The van der Waals surface area contributed by atoms with Gasteiger partial charge >= 0.3 is 6.03 Å². The van der Waals surface area contributed by atoms with Crippen molar-refractivity contribution in [2.45, 2.75) is 19.8 Å². The quantitative estimate of drug-likeness (QED) is 0.563. The molecule has 1 aliphatic rings. The van der Waals surface area contributed by atoms with E-state index in [0.29, 0.717) is 36.8 Å². The average Bonchev–Trinajstić information content (AvgIpc) is 2.61. The number of hydrogen-bond donors (Lipinski definition) is 4. The van der Waals surface area contributed by atoms with Crippen molar-refractivity contribution in [1.82, 2.24) is 10.2 Å². The Morgan fingerprint density at radius 1 is 1.30 bits per heavy atom. The predicted octanol–water partition coefficient (Wildman–Crippen LogP) is 0.972. The molecule has 1 heterocycles. The molecule has 0 aromatic heterocycles. The second-order valence-corrected chi connectivity index (χ2v) is 6.52. The van der Waals surface area contributed by atoms with Crippen molar-refractivity contribution in [3.63, 3.8) is 0 Å². The van der Waals surface area contributed by atoms with Crippen molar-refractivity contribution in [2.24, 2.45) is 11.7 Å². The highest BCUT2D eigenvalue weighted by atomic mass is 16.5. The van der Waals surface area contributed by atoms with E-state index in [1.54, 1.807) is 18.2 Å². The van der Waals surface area contributed by atoms with Crippen LogP contribution in [0, 0.1) is 5.92 Å². The minimum atomic E-state index is -0.378. The molecule has 2 rings (SSSR count). The van der Waals surface area contributed by atoms with E-state index in [-0.39, 0.29) is 23.8 Å².